The molecule has 0 fully saturated rings. The largest absolute Gasteiger partial charge is 0.573 e. The molecule has 2 heterocycles. The molecule has 0 aromatic heterocycles. The van der Waals surface area contributed by atoms with Crippen LogP contribution in [0.4, 0.5) is 18.9 Å². The van der Waals surface area contributed by atoms with E-state index in [4.69, 9.17) is 9.47 Å². The zero-order valence-electron chi connectivity index (χ0n) is 15.3. The third-order valence-electron chi connectivity index (χ3n) is 4.58. The minimum absolute atomic E-state index is 0.102. The molecule has 0 N–H and O–H groups in total. The maximum absolute atomic E-state index is 12.8. The van der Waals surface area contributed by atoms with E-state index in [1.54, 1.807) is 4.90 Å². The van der Waals surface area contributed by atoms with Crippen molar-refractivity contribution >= 4 is 23.4 Å². The molecular formula is C20H18F3NO4S. The summed E-state index contributed by atoms with van der Waals surface area (Å²) in [5.74, 6) is 1.19. The van der Waals surface area contributed by atoms with Crippen molar-refractivity contribution in [3.63, 3.8) is 0 Å². The number of alkyl halides is 3. The first-order valence-electron chi connectivity index (χ1n) is 9.10. The Morgan fingerprint density at radius 3 is 2.69 bits per heavy atom. The predicted octanol–water partition coefficient (Wildman–Crippen LogP) is 4.43. The molecule has 0 saturated heterocycles. The van der Waals surface area contributed by atoms with Crippen LogP contribution < -0.4 is 19.1 Å². The number of amides is 1. The van der Waals surface area contributed by atoms with Crippen LogP contribution in [0.2, 0.25) is 0 Å². The zero-order chi connectivity index (χ0) is 20.4. The molecule has 2 aromatic carbocycles. The van der Waals surface area contributed by atoms with Crippen molar-refractivity contribution in [3.05, 3.63) is 42.0 Å². The first kappa shape index (κ1) is 19.8. The Morgan fingerprint density at radius 1 is 1.10 bits per heavy atom. The topological polar surface area (TPSA) is 48.0 Å². The van der Waals surface area contributed by atoms with Gasteiger partial charge >= 0.3 is 6.36 Å². The van der Waals surface area contributed by atoms with Gasteiger partial charge in [0.05, 0.1) is 5.75 Å². The Kier molecular flexibility index (Phi) is 5.49. The molecule has 2 aliphatic heterocycles. The minimum atomic E-state index is -4.74. The highest BCUT2D eigenvalue weighted by Gasteiger charge is 2.32. The van der Waals surface area contributed by atoms with Gasteiger partial charge in [0.25, 0.3) is 0 Å². The van der Waals surface area contributed by atoms with E-state index in [1.807, 2.05) is 18.2 Å². The smallest absolute Gasteiger partial charge is 0.486 e. The van der Waals surface area contributed by atoms with Gasteiger partial charge in [0.2, 0.25) is 5.91 Å². The molecule has 5 nitrogen and oxygen atoms in total. The quantitative estimate of drug-likeness (QED) is 0.679. The average molecular weight is 425 g/mol. The lowest BCUT2D eigenvalue weighted by Crippen LogP contribution is -2.36. The molecule has 0 bridgehead atoms. The highest BCUT2D eigenvalue weighted by molar-refractivity contribution is 8.00. The lowest BCUT2D eigenvalue weighted by Gasteiger charge is -2.30. The molecular weight excluding hydrogens is 407 g/mol. The fourth-order valence-electron chi connectivity index (χ4n) is 3.37. The van der Waals surface area contributed by atoms with Gasteiger partial charge < -0.3 is 19.1 Å². The summed E-state index contributed by atoms with van der Waals surface area (Å²) in [6.07, 6.45) is -3.45. The lowest BCUT2D eigenvalue weighted by molar-refractivity contribution is -0.274. The van der Waals surface area contributed by atoms with E-state index in [1.165, 1.54) is 30.0 Å². The highest BCUT2D eigenvalue weighted by atomic mass is 32.2. The molecule has 9 heteroatoms. The van der Waals surface area contributed by atoms with Crippen molar-refractivity contribution in [3.8, 4) is 17.2 Å². The second-order valence-electron chi connectivity index (χ2n) is 6.58. The number of nitrogens with zero attached hydrogens (tertiary/aromatic N) is 1. The van der Waals surface area contributed by atoms with Crippen molar-refractivity contribution in [2.45, 2.75) is 24.1 Å². The number of carbonyl (C=O) groups is 1. The number of halogens is 3. The van der Waals surface area contributed by atoms with Gasteiger partial charge in [-0.3, -0.25) is 4.79 Å². The van der Waals surface area contributed by atoms with Gasteiger partial charge in [0.1, 0.15) is 19.0 Å². The normalized spacial score (nSPS) is 15.6. The molecule has 29 heavy (non-hydrogen) atoms. The van der Waals surface area contributed by atoms with Crippen LogP contribution in [0.15, 0.2) is 41.3 Å². The fraction of sp³-hybridized carbons (Fsp3) is 0.350. The molecule has 4 rings (SSSR count). The molecule has 0 spiro atoms. The number of aryl methyl sites for hydroxylation is 1. The molecule has 0 aliphatic carbocycles. The minimum Gasteiger partial charge on any atom is -0.486 e. The molecule has 0 saturated carbocycles. The summed E-state index contributed by atoms with van der Waals surface area (Å²) in [6, 6.07) is 9.65. The van der Waals surface area contributed by atoms with Gasteiger partial charge in [-0.25, -0.2) is 0 Å². The first-order valence-corrected chi connectivity index (χ1v) is 10.1. The summed E-state index contributed by atoms with van der Waals surface area (Å²) in [6.45, 7) is 1.54. The van der Waals surface area contributed by atoms with E-state index < -0.39 is 6.36 Å². The molecule has 154 valence electrons. The summed E-state index contributed by atoms with van der Waals surface area (Å²) in [4.78, 5) is 15.3. The molecule has 2 aliphatic rings. The molecule has 1 amide bonds. The number of fused-ring (bicyclic) bond motifs is 2. The summed E-state index contributed by atoms with van der Waals surface area (Å²) >= 11 is 1.38. The highest BCUT2D eigenvalue weighted by Crippen LogP contribution is 2.36. The standard InChI is InChI=1S/C20H18F3NO4S/c21-20(22,23)28-14-3-5-16-13(10-14)2-1-7-24(16)19(25)12-29-15-4-6-17-18(11-15)27-9-8-26-17/h3-6,10-11H,1-2,7-9,12H2. The van der Waals surface area contributed by atoms with Gasteiger partial charge in [-0.2, -0.15) is 0 Å². The summed E-state index contributed by atoms with van der Waals surface area (Å²) in [7, 11) is 0. The molecule has 2 aromatic rings. The number of carbonyl (C=O) groups excluding carboxylic acids is 1. The van der Waals surface area contributed by atoms with Crippen LogP contribution in [-0.2, 0) is 11.2 Å². The van der Waals surface area contributed by atoms with Crippen LogP contribution in [-0.4, -0.2) is 37.8 Å². The Morgan fingerprint density at radius 2 is 1.90 bits per heavy atom. The van der Waals surface area contributed by atoms with Crippen molar-refractivity contribution in [1.82, 2.24) is 0 Å². The van der Waals surface area contributed by atoms with Crippen LogP contribution in [0.3, 0.4) is 0 Å². The van der Waals surface area contributed by atoms with Gasteiger partial charge in [-0.1, -0.05) is 0 Å². The Bertz CT molecular complexity index is 919. The number of ether oxygens (including phenoxy) is 3. The SMILES string of the molecule is O=C(CSc1ccc2c(c1)OCCO2)N1CCCc2cc(OC(F)(F)F)ccc21. The molecule has 0 radical (unpaired) electrons. The van der Waals surface area contributed by atoms with Gasteiger partial charge in [0, 0.05) is 17.1 Å². The number of thioether (sulfide) groups is 1. The van der Waals surface area contributed by atoms with E-state index in [0.29, 0.717) is 55.4 Å². The Hall–Kier alpha value is -2.55. The lowest BCUT2D eigenvalue weighted by atomic mass is 10.0. The van der Waals surface area contributed by atoms with Gasteiger partial charge in [0.15, 0.2) is 11.5 Å². The predicted molar refractivity (Wildman–Crippen MR) is 102 cm³/mol. The summed E-state index contributed by atoms with van der Waals surface area (Å²) in [5.41, 5.74) is 1.31. The second kappa shape index (κ2) is 8.06. The Balaban J connectivity index is 1.43. The summed E-state index contributed by atoms with van der Waals surface area (Å²) < 4.78 is 52.3. The van der Waals surface area contributed by atoms with Crippen LogP contribution in [0, 0.1) is 0 Å². The van der Waals surface area contributed by atoms with Crippen LogP contribution in [0.5, 0.6) is 17.2 Å². The van der Waals surface area contributed by atoms with Crippen LogP contribution in [0.25, 0.3) is 0 Å². The van der Waals surface area contributed by atoms with Crippen molar-refractivity contribution in [2.24, 2.45) is 0 Å². The first-order chi connectivity index (χ1) is 13.9. The molecule has 0 unspecified atom stereocenters. The van der Waals surface area contributed by atoms with Crippen LogP contribution >= 0.6 is 11.8 Å². The van der Waals surface area contributed by atoms with E-state index in [9.17, 15) is 18.0 Å². The van der Waals surface area contributed by atoms with Crippen molar-refractivity contribution < 1.29 is 32.2 Å². The number of hydrogen-bond acceptors (Lipinski definition) is 5. The van der Waals surface area contributed by atoms with Crippen molar-refractivity contribution in [2.75, 3.05) is 30.4 Å². The third kappa shape index (κ3) is 4.72. The number of anilines is 1. The second-order valence-corrected chi connectivity index (χ2v) is 7.63. The average Bonchev–Trinajstić information content (AvgIpc) is 2.70. The zero-order valence-corrected chi connectivity index (χ0v) is 16.1. The number of benzene rings is 2. The van der Waals surface area contributed by atoms with E-state index in [-0.39, 0.29) is 17.4 Å². The van der Waals surface area contributed by atoms with Crippen LogP contribution in [0.1, 0.15) is 12.0 Å². The number of rotatable bonds is 4. The Labute approximate surface area is 169 Å². The monoisotopic (exact) mass is 425 g/mol. The maximum atomic E-state index is 12.8. The van der Waals surface area contributed by atoms with Crippen molar-refractivity contribution in [1.29, 1.82) is 0 Å². The van der Waals surface area contributed by atoms with Gasteiger partial charge in [-0.15, -0.1) is 24.9 Å². The molecule has 0 atom stereocenters. The summed E-state index contributed by atoms with van der Waals surface area (Å²) in [5, 5.41) is 0. The van der Waals surface area contributed by atoms with E-state index in [0.717, 1.165) is 4.90 Å². The fourth-order valence-corrected chi connectivity index (χ4v) is 4.17. The third-order valence-corrected chi connectivity index (χ3v) is 5.56. The van der Waals surface area contributed by atoms with Gasteiger partial charge in [-0.05, 0) is 54.8 Å². The van der Waals surface area contributed by atoms with E-state index >= 15 is 0 Å². The maximum Gasteiger partial charge on any atom is 0.573 e. The number of hydrogen-bond donors (Lipinski definition) is 0. The van der Waals surface area contributed by atoms with E-state index in [2.05, 4.69) is 4.74 Å².